The van der Waals surface area contributed by atoms with Gasteiger partial charge in [-0.3, -0.25) is 9.35 Å². The Labute approximate surface area is 128 Å². The number of Topliss-reactive ketones (excluding diaryl/α,β-unsaturated/α-hetero) is 1. The van der Waals surface area contributed by atoms with Crippen molar-refractivity contribution in [3.8, 4) is 0 Å². The normalized spacial score (nSPS) is 14.0. The van der Waals surface area contributed by atoms with Crippen LogP contribution in [-0.2, 0) is 26.3 Å². The van der Waals surface area contributed by atoms with E-state index >= 15 is 0 Å². The van der Waals surface area contributed by atoms with Crippen molar-refractivity contribution in [2.45, 2.75) is 25.6 Å². The minimum Gasteiger partial charge on any atom is -0.445 e. The zero-order valence-electron chi connectivity index (χ0n) is 11.9. The number of amides is 1. The van der Waals surface area contributed by atoms with Gasteiger partial charge in [0, 0.05) is 0 Å². The molecule has 2 atom stereocenters. The first kappa shape index (κ1) is 18.1. The molecular weight excluding hydrogens is 312 g/mol. The number of ether oxygens (including phenoxy) is 1. The average Bonchev–Trinajstić information content (AvgIpc) is 2.43. The second-order valence-electron chi connectivity index (χ2n) is 4.70. The highest BCUT2D eigenvalue weighted by Crippen LogP contribution is 2.02. The molecule has 1 amide bonds. The molecule has 2 unspecified atom stereocenters. The second kappa shape index (κ2) is 7.87. The zero-order chi connectivity index (χ0) is 16.8. The number of carbonyl (C=O) groups excluding carboxylic acids is 2. The minimum absolute atomic E-state index is 0.0440. The Kier molecular flexibility index (Phi) is 6.47. The molecule has 0 saturated heterocycles. The largest absolute Gasteiger partial charge is 0.445 e. The molecule has 4 N–H and O–H groups in total. The first-order chi connectivity index (χ1) is 10.2. The molecule has 9 heteroatoms. The third kappa shape index (κ3) is 6.66. The topological polar surface area (TPSA) is 136 Å². The van der Waals surface area contributed by atoms with Crippen LogP contribution in [0.2, 0.25) is 0 Å². The maximum absolute atomic E-state index is 11.8. The molecule has 0 aliphatic heterocycles. The molecule has 0 saturated carbocycles. The lowest BCUT2D eigenvalue weighted by atomic mass is 10.1. The number of hydrogen-bond donors (Lipinski definition) is 3. The quantitative estimate of drug-likeness (QED) is 0.602. The number of rotatable bonds is 7. The molecule has 0 spiro atoms. The average molecular weight is 330 g/mol. The van der Waals surface area contributed by atoms with Gasteiger partial charge in [-0.2, -0.15) is 8.42 Å². The van der Waals surface area contributed by atoms with Crippen LogP contribution in [0.25, 0.3) is 0 Å². The number of carbonyl (C=O) groups is 2. The zero-order valence-corrected chi connectivity index (χ0v) is 12.7. The fourth-order valence-corrected chi connectivity index (χ4v) is 2.30. The summed E-state index contributed by atoms with van der Waals surface area (Å²) in [6, 6.07) is 6.31. The smallest absolute Gasteiger partial charge is 0.408 e. The van der Waals surface area contributed by atoms with Crippen LogP contribution in [0.5, 0.6) is 0 Å². The van der Waals surface area contributed by atoms with E-state index < -0.39 is 39.8 Å². The van der Waals surface area contributed by atoms with E-state index in [-0.39, 0.29) is 6.61 Å². The molecule has 0 radical (unpaired) electrons. The molecular formula is C13H18N2O6S. The van der Waals surface area contributed by atoms with Crippen LogP contribution in [0.3, 0.4) is 0 Å². The SMILES string of the molecule is CC(N)C(=O)C(CS(=O)(=O)O)NC(=O)OCc1ccccc1. The van der Waals surface area contributed by atoms with Crippen LogP contribution in [0, 0.1) is 0 Å². The van der Waals surface area contributed by atoms with Gasteiger partial charge in [-0.1, -0.05) is 30.3 Å². The number of nitrogens with two attached hydrogens (primary N) is 1. The van der Waals surface area contributed by atoms with E-state index in [1.807, 2.05) is 0 Å². The first-order valence-corrected chi connectivity index (χ1v) is 8.01. The summed E-state index contributed by atoms with van der Waals surface area (Å²) >= 11 is 0. The summed E-state index contributed by atoms with van der Waals surface area (Å²) in [7, 11) is -4.46. The van der Waals surface area contributed by atoms with Crippen LogP contribution in [0.15, 0.2) is 30.3 Å². The highest BCUT2D eigenvalue weighted by atomic mass is 32.2. The third-order valence-corrected chi connectivity index (χ3v) is 3.43. The molecule has 8 nitrogen and oxygen atoms in total. The van der Waals surface area contributed by atoms with E-state index in [0.717, 1.165) is 5.56 Å². The summed E-state index contributed by atoms with van der Waals surface area (Å²) in [6.07, 6.45) is -0.980. The molecule has 0 aliphatic carbocycles. The molecule has 0 heterocycles. The fourth-order valence-electron chi connectivity index (χ4n) is 1.63. The molecule has 1 aromatic rings. The Bertz CT molecular complexity index is 615. The number of nitrogens with one attached hydrogen (secondary N) is 1. The maximum atomic E-state index is 11.8. The van der Waals surface area contributed by atoms with Crippen molar-refractivity contribution < 1.29 is 27.3 Å². The van der Waals surface area contributed by atoms with Crippen molar-refractivity contribution in [1.29, 1.82) is 0 Å². The standard InChI is InChI=1S/C13H18N2O6S/c1-9(14)12(16)11(8-22(18,19)20)15-13(17)21-7-10-5-3-2-4-6-10/h2-6,9,11H,7-8,14H2,1H3,(H,15,17)(H,18,19,20). The van der Waals surface area contributed by atoms with Gasteiger partial charge in [-0.05, 0) is 12.5 Å². The van der Waals surface area contributed by atoms with E-state index in [9.17, 15) is 18.0 Å². The summed E-state index contributed by atoms with van der Waals surface area (Å²) < 4.78 is 35.5. The van der Waals surface area contributed by atoms with Gasteiger partial charge < -0.3 is 15.8 Å². The fraction of sp³-hybridized carbons (Fsp3) is 0.385. The molecule has 0 aliphatic rings. The van der Waals surface area contributed by atoms with E-state index in [4.69, 9.17) is 15.0 Å². The molecule has 1 aromatic carbocycles. The van der Waals surface area contributed by atoms with Crippen molar-refractivity contribution in [1.82, 2.24) is 5.32 Å². The monoisotopic (exact) mass is 330 g/mol. The van der Waals surface area contributed by atoms with Gasteiger partial charge in [-0.25, -0.2) is 4.79 Å². The lowest BCUT2D eigenvalue weighted by Gasteiger charge is -2.18. The van der Waals surface area contributed by atoms with E-state index in [0.29, 0.717) is 0 Å². The van der Waals surface area contributed by atoms with Gasteiger partial charge in [0.2, 0.25) is 0 Å². The van der Waals surface area contributed by atoms with Crippen LogP contribution in [0.4, 0.5) is 4.79 Å². The van der Waals surface area contributed by atoms with E-state index in [1.165, 1.54) is 6.92 Å². The lowest BCUT2D eigenvalue weighted by molar-refractivity contribution is -0.121. The molecule has 0 aromatic heterocycles. The summed E-state index contributed by atoms with van der Waals surface area (Å²) in [5, 5.41) is 2.10. The Balaban J connectivity index is 2.64. The van der Waals surface area contributed by atoms with Gasteiger partial charge in [0.15, 0.2) is 5.78 Å². The lowest BCUT2D eigenvalue weighted by Crippen LogP contribution is -2.50. The number of alkyl carbamates (subject to hydrolysis) is 1. The summed E-state index contributed by atoms with van der Waals surface area (Å²) in [4.78, 5) is 23.4. The predicted octanol–water partition coefficient (Wildman–Crippen LogP) is 0.0855. The molecule has 0 bridgehead atoms. The highest BCUT2D eigenvalue weighted by molar-refractivity contribution is 7.85. The van der Waals surface area contributed by atoms with E-state index in [1.54, 1.807) is 30.3 Å². The number of ketones is 1. The predicted molar refractivity (Wildman–Crippen MR) is 78.6 cm³/mol. The third-order valence-electron chi connectivity index (χ3n) is 2.67. The van der Waals surface area contributed by atoms with Gasteiger partial charge in [0.25, 0.3) is 10.1 Å². The molecule has 0 fully saturated rings. The van der Waals surface area contributed by atoms with Crippen molar-refractivity contribution in [3.63, 3.8) is 0 Å². The minimum atomic E-state index is -4.46. The van der Waals surface area contributed by atoms with Crippen molar-refractivity contribution in [2.75, 3.05) is 5.75 Å². The van der Waals surface area contributed by atoms with Gasteiger partial charge in [-0.15, -0.1) is 0 Å². The van der Waals surface area contributed by atoms with Crippen LogP contribution in [0.1, 0.15) is 12.5 Å². The Morgan fingerprint density at radius 1 is 1.32 bits per heavy atom. The maximum Gasteiger partial charge on any atom is 0.408 e. The van der Waals surface area contributed by atoms with Crippen LogP contribution >= 0.6 is 0 Å². The summed E-state index contributed by atoms with van der Waals surface area (Å²) in [5.74, 6) is -1.69. The summed E-state index contributed by atoms with van der Waals surface area (Å²) in [5.41, 5.74) is 6.10. The first-order valence-electron chi connectivity index (χ1n) is 6.40. The van der Waals surface area contributed by atoms with Gasteiger partial charge in [0.1, 0.15) is 18.4 Å². The van der Waals surface area contributed by atoms with Gasteiger partial charge in [0.05, 0.1) is 6.04 Å². The van der Waals surface area contributed by atoms with Crippen molar-refractivity contribution in [2.24, 2.45) is 5.73 Å². The number of hydrogen-bond acceptors (Lipinski definition) is 6. The van der Waals surface area contributed by atoms with E-state index in [2.05, 4.69) is 5.32 Å². The van der Waals surface area contributed by atoms with Crippen molar-refractivity contribution >= 4 is 22.0 Å². The highest BCUT2D eigenvalue weighted by Gasteiger charge is 2.28. The number of benzene rings is 1. The Morgan fingerprint density at radius 2 is 1.91 bits per heavy atom. The molecule has 1 rings (SSSR count). The van der Waals surface area contributed by atoms with Crippen LogP contribution < -0.4 is 11.1 Å². The Morgan fingerprint density at radius 3 is 2.41 bits per heavy atom. The summed E-state index contributed by atoms with van der Waals surface area (Å²) in [6.45, 7) is 1.30. The Hall–Kier alpha value is -1.97. The van der Waals surface area contributed by atoms with Gasteiger partial charge >= 0.3 is 6.09 Å². The van der Waals surface area contributed by atoms with Crippen molar-refractivity contribution in [3.05, 3.63) is 35.9 Å². The molecule has 22 heavy (non-hydrogen) atoms. The second-order valence-corrected chi connectivity index (χ2v) is 6.20. The molecule has 122 valence electrons. The van der Waals surface area contributed by atoms with Crippen LogP contribution in [-0.4, -0.2) is 42.7 Å².